The number of hydrogen-bond acceptors (Lipinski definition) is 12. The van der Waals surface area contributed by atoms with Crippen molar-refractivity contribution in [2.45, 2.75) is 101 Å². The monoisotopic (exact) mass is 1080 g/mol. The van der Waals surface area contributed by atoms with E-state index in [2.05, 4.69) is 31.9 Å². The maximum absolute atomic E-state index is 13.7. The molecule has 12 N–H and O–H groups in total. The van der Waals surface area contributed by atoms with Gasteiger partial charge in [-0.1, -0.05) is 54.6 Å². The molecular weight excluding hydrogens is 1010 g/mol. The van der Waals surface area contributed by atoms with Crippen LogP contribution in [0.15, 0.2) is 125 Å². The molecule has 74 heavy (non-hydrogen) atoms. The number of anilines is 3. The minimum absolute atomic E-state index is 0. The Morgan fingerprint density at radius 2 is 0.662 bits per heavy atom. The number of carbonyl (C=O) groups excluding carboxylic acids is 6. The van der Waals surface area contributed by atoms with E-state index in [4.69, 9.17) is 17.2 Å². The van der Waals surface area contributed by atoms with Crippen molar-refractivity contribution in [3.63, 3.8) is 0 Å². The third-order valence-corrected chi connectivity index (χ3v) is 14.7. The summed E-state index contributed by atoms with van der Waals surface area (Å²) in [4.78, 5) is 82.8. The summed E-state index contributed by atoms with van der Waals surface area (Å²) in [5.41, 5.74) is 21.6. The van der Waals surface area contributed by atoms with E-state index >= 15 is 0 Å². The molecule has 0 bridgehead atoms. The van der Waals surface area contributed by atoms with E-state index in [1.807, 2.05) is 125 Å². The largest absolute Gasteiger partial charge is 0.344 e. The Balaban J connectivity index is 0.0000101. The van der Waals surface area contributed by atoms with Crippen LogP contribution in [0.1, 0.15) is 95.0 Å². The SMILES string of the molecule is Cl.NCCCC[C@@H](NC(=O)Cc1cccs1)C(=O)Nc1ccc(C(c2ccc(NC(=O)[C@@H](CCCCN)NC(=O)Cc3cccs3)cc2)c2ccc(NC(=O)[C@@H](CCCCN)NC(=O)Cc3cccs3)cc2)cc1. The molecule has 3 atom stereocenters. The van der Waals surface area contributed by atoms with Gasteiger partial charge in [-0.25, -0.2) is 0 Å². The summed E-state index contributed by atoms with van der Waals surface area (Å²) < 4.78 is 0. The number of rotatable bonds is 30. The molecule has 3 heterocycles. The molecule has 0 unspecified atom stereocenters. The fraction of sp³-hybridized carbons (Fsp3) is 0.345. The predicted molar refractivity (Wildman–Crippen MR) is 302 cm³/mol. The number of thiophene rings is 3. The molecule has 6 amide bonds. The lowest BCUT2D eigenvalue weighted by Gasteiger charge is -2.22. The highest BCUT2D eigenvalue weighted by molar-refractivity contribution is 7.10. The van der Waals surface area contributed by atoms with Crippen LogP contribution < -0.4 is 49.1 Å². The maximum Gasteiger partial charge on any atom is 0.246 e. The molecule has 0 aliphatic heterocycles. The summed E-state index contributed by atoms with van der Waals surface area (Å²) in [6.45, 7) is 1.44. The zero-order chi connectivity index (χ0) is 51.8. The summed E-state index contributed by atoms with van der Waals surface area (Å²) in [6, 6.07) is 31.6. The first-order chi connectivity index (χ1) is 35.5. The van der Waals surface area contributed by atoms with E-state index in [-0.39, 0.29) is 73.0 Å². The van der Waals surface area contributed by atoms with Crippen LogP contribution in [0.25, 0.3) is 0 Å². The van der Waals surface area contributed by atoms with Gasteiger partial charge in [-0.15, -0.1) is 46.4 Å². The van der Waals surface area contributed by atoms with Gasteiger partial charge in [0.2, 0.25) is 35.4 Å². The first kappa shape index (κ1) is 58.6. The van der Waals surface area contributed by atoms with Crippen molar-refractivity contribution in [2.24, 2.45) is 17.2 Å². The van der Waals surface area contributed by atoms with Crippen LogP contribution in [-0.2, 0) is 48.0 Å². The predicted octanol–water partition coefficient (Wildman–Crippen LogP) is 7.86. The second-order valence-electron chi connectivity index (χ2n) is 17.7. The van der Waals surface area contributed by atoms with E-state index < -0.39 is 18.1 Å². The van der Waals surface area contributed by atoms with Gasteiger partial charge >= 0.3 is 0 Å². The van der Waals surface area contributed by atoms with Crippen molar-refractivity contribution < 1.29 is 28.8 Å². The summed E-state index contributed by atoms with van der Waals surface area (Å²) in [6.07, 6.45) is 6.02. The molecule has 0 radical (unpaired) electrons. The van der Waals surface area contributed by atoms with Gasteiger partial charge in [-0.2, -0.15) is 0 Å². The van der Waals surface area contributed by atoms with E-state index in [0.717, 1.165) is 50.6 Å². The van der Waals surface area contributed by atoms with Crippen molar-refractivity contribution in [1.82, 2.24) is 16.0 Å². The van der Waals surface area contributed by atoms with Crippen LogP contribution in [-0.4, -0.2) is 73.2 Å². The van der Waals surface area contributed by atoms with Crippen LogP contribution >= 0.6 is 46.4 Å². The normalized spacial score (nSPS) is 12.2. The number of hydrogen-bond donors (Lipinski definition) is 9. The van der Waals surface area contributed by atoms with Crippen molar-refractivity contribution in [1.29, 1.82) is 0 Å². The zero-order valence-electron chi connectivity index (χ0n) is 41.4. The van der Waals surface area contributed by atoms with E-state index in [1.54, 1.807) is 0 Å². The molecule has 0 fully saturated rings. The molecule has 6 rings (SSSR count). The average Bonchev–Trinajstić information content (AvgIpc) is 4.21. The third-order valence-electron chi connectivity index (χ3n) is 12.1. The fourth-order valence-corrected chi connectivity index (χ4v) is 10.4. The average molecular weight is 1080 g/mol. The molecule has 0 spiro atoms. The summed E-state index contributed by atoms with van der Waals surface area (Å²) in [7, 11) is 0. The molecule has 0 saturated carbocycles. The Labute approximate surface area is 451 Å². The lowest BCUT2D eigenvalue weighted by molar-refractivity contribution is -0.126. The van der Waals surface area contributed by atoms with Crippen LogP contribution in [0.3, 0.4) is 0 Å². The number of unbranched alkanes of at least 4 members (excludes halogenated alkanes) is 3. The Kier molecular flexibility index (Phi) is 24.9. The van der Waals surface area contributed by atoms with Crippen molar-refractivity contribution in [3.05, 3.63) is 157 Å². The highest BCUT2D eigenvalue weighted by Crippen LogP contribution is 2.34. The molecule has 3 aromatic carbocycles. The van der Waals surface area contributed by atoms with Crippen LogP contribution in [0.4, 0.5) is 17.1 Å². The Morgan fingerprint density at radius 3 is 0.892 bits per heavy atom. The molecule has 19 heteroatoms. The van der Waals surface area contributed by atoms with Gasteiger partial charge < -0.3 is 49.1 Å². The Bertz CT molecular complexity index is 2350. The number of nitrogens with one attached hydrogen (secondary N) is 6. The van der Waals surface area contributed by atoms with Gasteiger partial charge in [0.15, 0.2) is 0 Å². The number of nitrogens with two attached hydrogens (primary N) is 3. The van der Waals surface area contributed by atoms with Crippen molar-refractivity contribution >= 4 is 98.9 Å². The van der Waals surface area contributed by atoms with E-state index in [9.17, 15) is 28.8 Å². The minimum Gasteiger partial charge on any atom is -0.344 e. The van der Waals surface area contributed by atoms with Crippen LogP contribution in [0.2, 0.25) is 0 Å². The highest BCUT2D eigenvalue weighted by Gasteiger charge is 2.25. The Morgan fingerprint density at radius 1 is 0.392 bits per heavy atom. The van der Waals surface area contributed by atoms with E-state index in [1.165, 1.54) is 34.0 Å². The molecular formula is C55H68ClN9O6S3. The first-order valence-electron chi connectivity index (χ1n) is 24.8. The van der Waals surface area contributed by atoms with Gasteiger partial charge in [0.1, 0.15) is 18.1 Å². The first-order valence-corrected chi connectivity index (χ1v) is 27.4. The smallest absolute Gasteiger partial charge is 0.246 e. The number of carbonyl (C=O) groups is 6. The van der Waals surface area contributed by atoms with Gasteiger partial charge in [0.05, 0.1) is 19.3 Å². The zero-order valence-corrected chi connectivity index (χ0v) is 44.6. The highest BCUT2D eigenvalue weighted by atomic mass is 35.5. The second kappa shape index (κ2) is 31.5. The van der Waals surface area contributed by atoms with Crippen molar-refractivity contribution in [2.75, 3.05) is 35.6 Å². The van der Waals surface area contributed by atoms with Gasteiger partial charge in [-0.05, 0) is 165 Å². The van der Waals surface area contributed by atoms with E-state index in [0.29, 0.717) is 75.2 Å². The van der Waals surface area contributed by atoms with Crippen LogP contribution in [0, 0.1) is 0 Å². The third kappa shape index (κ3) is 19.2. The summed E-state index contributed by atoms with van der Waals surface area (Å²) >= 11 is 4.46. The number of halogens is 1. The Hall–Kier alpha value is -6.25. The maximum atomic E-state index is 13.7. The number of benzene rings is 3. The van der Waals surface area contributed by atoms with Gasteiger partial charge in [0.25, 0.3) is 0 Å². The summed E-state index contributed by atoms with van der Waals surface area (Å²) in [5, 5.41) is 23.5. The quantitative estimate of drug-likeness (QED) is 0.0157. The topological polar surface area (TPSA) is 253 Å². The summed E-state index contributed by atoms with van der Waals surface area (Å²) in [5.74, 6) is -2.04. The van der Waals surface area contributed by atoms with Crippen molar-refractivity contribution in [3.8, 4) is 0 Å². The molecule has 15 nitrogen and oxygen atoms in total. The second-order valence-corrected chi connectivity index (χ2v) is 20.8. The van der Waals surface area contributed by atoms with Crippen LogP contribution in [0.5, 0.6) is 0 Å². The lowest BCUT2D eigenvalue weighted by Crippen LogP contribution is -2.44. The molecule has 0 saturated heterocycles. The lowest BCUT2D eigenvalue weighted by atomic mass is 9.85. The molecule has 6 aromatic rings. The van der Waals surface area contributed by atoms with Gasteiger partial charge in [-0.3, -0.25) is 28.8 Å². The molecule has 394 valence electrons. The molecule has 3 aromatic heterocycles. The molecule has 0 aliphatic carbocycles. The molecule has 0 aliphatic rings. The fourth-order valence-electron chi connectivity index (χ4n) is 8.28. The minimum atomic E-state index is -0.753. The number of amides is 6. The van der Waals surface area contributed by atoms with Gasteiger partial charge in [0, 0.05) is 37.6 Å². The standard InChI is InChI=1S/C55H67N9O6S3.ClH/c56-28-4-1-13-46(62-49(65)34-43-10-7-31-71-43)53(68)59-40-22-16-37(17-23-40)52(38-18-24-41(25-19-38)60-54(69)47(14-2-5-29-57)63-50(66)35-44-11-8-32-72-44)39-20-26-42(27-21-39)61-55(70)48(15-3-6-30-58)64-51(67)36-45-12-9-33-73-45;/h7-12,16-27,31-33,46-48,52H,1-6,13-15,28-30,34-36,56-58H2,(H,59,68)(H,60,69)(H,61,70)(H,62,65)(H,63,66)(H,64,67);1H/t46-,47-,48-;/m1./s1.